The molecule has 1 rings (SSSR count). The van der Waals surface area contributed by atoms with Gasteiger partial charge in [0.2, 0.25) is 5.91 Å². The van der Waals surface area contributed by atoms with Gasteiger partial charge in [0.1, 0.15) is 0 Å². The fraction of sp³-hybridized carbons (Fsp3) is 0.818. The van der Waals surface area contributed by atoms with Crippen LogP contribution in [0.1, 0.15) is 33.1 Å². The van der Waals surface area contributed by atoms with Gasteiger partial charge in [-0.3, -0.25) is 9.59 Å². The molecule has 0 bridgehead atoms. The van der Waals surface area contributed by atoms with Crippen molar-refractivity contribution in [3.05, 3.63) is 0 Å². The summed E-state index contributed by atoms with van der Waals surface area (Å²) in [4.78, 5) is 25.0. The van der Waals surface area contributed by atoms with Gasteiger partial charge in [-0.05, 0) is 26.2 Å². The zero-order valence-corrected chi connectivity index (χ0v) is 9.69. The predicted molar refractivity (Wildman–Crippen MR) is 58.2 cm³/mol. The number of nitrogens with two attached hydrogens (primary N) is 1. The number of hydrogen-bond donors (Lipinski definition) is 1. The molecule has 0 aromatic rings. The summed E-state index contributed by atoms with van der Waals surface area (Å²) in [7, 11) is 1.67. The van der Waals surface area contributed by atoms with Crippen molar-refractivity contribution in [3.8, 4) is 0 Å². The van der Waals surface area contributed by atoms with Crippen molar-refractivity contribution in [2.45, 2.75) is 45.2 Å². The number of rotatable bonds is 5. The molecule has 15 heavy (non-hydrogen) atoms. The van der Waals surface area contributed by atoms with Crippen molar-refractivity contribution in [2.24, 2.45) is 11.7 Å². The third-order valence-electron chi connectivity index (χ3n) is 2.90. The largest absolute Gasteiger partial charge is 0.334 e. The Labute approximate surface area is 90.8 Å². The third-order valence-corrected chi connectivity index (χ3v) is 2.90. The summed E-state index contributed by atoms with van der Waals surface area (Å²) >= 11 is 0. The number of carbonyl (C=O) groups excluding carboxylic acids is 2. The lowest BCUT2D eigenvalue weighted by Gasteiger charge is -2.27. The third kappa shape index (κ3) is 2.78. The number of amides is 1. The zero-order chi connectivity index (χ0) is 11.6. The smallest absolute Gasteiger partial charge is 0.239 e. The first-order valence-electron chi connectivity index (χ1n) is 5.55. The Morgan fingerprint density at radius 2 is 2.00 bits per heavy atom. The van der Waals surface area contributed by atoms with Crippen LogP contribution in [-0.4, -0.2) is 35.7 Å². The van der Waals surface area contributed by atoms with E-state index in [1.165, 1.54) is 4.90 Å². The molecule has 0 aromatic carbocycles. The highest BCUT2D eigenvalue weighted by Crippen LogP contribution is 2.32. The summed E-state index contributed by atoms with van der Waals surface area (Å²) in [6.07, 6.45) is 2.63. The van der Waals surface area contributed by atoms with Gasteiger partial charge in [0, 0.05) is 13.0 Å². The summed E-state index contributed by atoms with van der Waals surface area (Å²) in [5.74, 6) is 0.239. The van der Waals surface area contributed by atoms with Crippen LogP contribution >= 0.6 is 0 Å². The van der Waals surface area contributed by atoms with Crippen molar-refractivity contribution < 1.29 is 9.59 Å². The Morgan fingerprint density at radius 1 is 1.47 bits per heavy atom. The summed E-state index contributed by atoms with van der Waals surface area (Å²) in [6.45, 7) is 3.57. The fourth-order valence-corrected chi connectivity index (χ4v) is 1.78. The maximum atomic E-state index is 11.9. The molecule has 1 saturated carbocycles. The van der Waals surface area contributed by atoms with E-state index < -0.39 is 6.04 Å². The second kappa shape index (κ2) is 4.75. The van der Waals surface area contributed by atoms with E-state index in [0.717, 1.165) is 12.8 Å². The molecular formula is C11H20N2O2. The van der Waals surface area contributed by atoms with Crippen LogP contribution in [0.5, 0.6) is 0 Å². The van der Waals surface area contributed by atoms with Crippen LogP contribution in [0.15, 0.2) is 0 Å². The SMILES string of the molecule is CC[C@@H](C(=O)C1CC1)N(C)C(=O)[C@@H](C)N. The minimum absolute atomic E-state index is 0.157. The van der Waals surface area contributed by atoms with Gasteiger partial charge in [0.25, 0.3) is 0 Å². The highest BCUT2D eigenvalue weighted by Gasteiger charge is 2.37. The van der Waals surface area contributed by atoms with Crippen LogP contribution in [0.25, 0.3) is 0 Å². The molecule has 0 heterocycles. The molecule has 4 nitrogen and oxygen atoms in total. The van der Waals surface area contributed by atoms with Gasteiger partial charge >= 0.3 is 0 Å². The van der Waals surface area contributed by atoms with Crippen LogP contribution < -0.4 is 5.73 Å². The Bertz CT molecular complexity index is 259. The number of carbonyl (C=O) groups is 2. The van der Waals surface area contributed by atoms with E-state index in [9.17, 15) is 9.59 Å². The van der Waals surface area contributed by atoms with Crippen molar-refractivity contribution in [2.75, 3.05) is 7.05 Å². The lowest BCUT2D eigenvalue weighted by Crippen LogP contribution is -2.48. The molecule has 1 aliphatic rings. The number of likely N-dealkylation sites (N-methyl/N-ethyl adjacent to an activating group) is 1. The van der Waals surface area contributed by atoms with Crippen LogP contribution in [0.3, 0.4) is 0 Å². The maximum absolute atomic E-state index is 11.9. The summed E-state index contributed by atoms with van der Waals surface area (Å²) in [5.41, 5.74) is 5.52. The molecule has 86 valence electrons. The average molecular weight is 212 g/mol. The first-order chi connectivity index (χ1) is 6.99. The molecule has 0 radical (unpaired) electrons. The quantitative estimate of drug-likeness (QED) is 0.724. The van der Waals surface area contributed by atoms with Gasteiger partial charge in [-0.15, -0.1) is 0 Å². The molecule has 0 saturated heterocycles. The lowest BCUT2D eigenvalue weighted by atomic mass is 10.0. The minimum Gasteiger partial charge on any atom is -0.334 e. The van der Waals surface area contributed by atoms with E-state index >= 15 is 0 Å². The van der Waals surface area contributed by atoms with Crippen molar-refractivity contribution in [1.82, 2.24) is 4.90 Å². The van der Waals surface area contributed by atoms with Crippen molar-refractivity contribution in [3.63, 3.8) is 0 Å². The molecule has 1 fully saturated rings. The maximum Gasteiger partial charge on any atom is 0.239 e. The molecule has 1 amide bonds. The Morgan fingerprint density at radius 3 is 2.33 bits per heavy atom. The molecule has 0 aliphatic heterocycles. The van der Waals surface area contributed by atoms with E-state index in [2.05, 4.69) is 0 Å². The van der Waals surface area contributed by atoms with Crippen LogP contribution in [0, 0.1) is 5.92 Å². The van der Waals surface area contributed by atoms with Gasteiger partial charge in [0.15, 0.2) is 5.78 Å². The number of ketones is 1. The topological polar surface area (TPSA) is 63.4 Å². The van der Waals surface area contributed by atoms with Gasteiger partial charge in [0.05, 0.1) is 12.1 Å². The molecule has 2 atom stereocenters. The Balaban J connectivity index is 2.64. The lowest BCUT2D eigenvalue weighted by molar-refractivity contribution is -0.139. The Hall–Kier alpha value is -0.900. The van der Waals surface area contributed by atoms with Crippen LogP contribution in [-0.2, 0) is 9.59 Å². The standard InChI is InChI=1S/C11H20N2O2/c1-4-9(10(14)8-5-6-8)13(3)11(15)7(2)12/h7-9H,4-6,12H2,1-3H3/t7-,9+/m1/s1. The highest BCUT2D eigenvalue weighted by atomic mass is 16.2. The molecule has 1 aliphatic carbocycles. The molecular weight excluding hydrogens is 192 g/mol. The summed E-state index contributed by atoms with van der Waals surface area (Å²) < 4.78 is 0. The van der Waals surface area contributed by atoms with Crippen molar-refractivity contribution in [1.29, 1.82) is 0 Å². The van der Waals surface area contributed by atoms with Crippen LogP contribution in [0.4, 0.5) is 0 Å². The van der Waals surface area contributed by atoms with Crippen LogP contribution in [0.2, 0.25) is 0 Å². The summed E-state index contributed by atoms with van der Waals surface area (Å²) in [5, 5.41) is 0. The van der Waals surface area contributed by atoms with Gasteiger partial charge in [-0.2, -0.15) is 0 Å². The first-order valence-corrected chi connectivity index (χ1v) is 5.55. The summed E-state index contributed by atoms with van der Waals surface area (Å²) in [6, 6.07) is -0.813. The first kappa shape index (κ1) is 12.2. The van der Waals surface area contributed by atoms with Gasteiger partial charge < -0.3 is 10.6 Å². The second-order valence-corrected chi connectivity index (χ2v) is 4.34. The van der Waals surface area contributed by atoms with Gasteiger partial charge in [-0.25, -0.2) is 0 Å². The van der Waals surface area contributed by atoms with E-state index in [1.807, 2.05) is 6.92 Å². The molecule has 0 spiro atoms. The normalized spacial score (nSPS) is 19.5. The Kier molecular flexibility index (Phi) is 3.85. The molecule has 0 aromatic heterocycles. The van der Waals surface area contributed by atoms with Gasteiger partial charge in [-0.1, -0.05) is 6.92 Å². The van der Waals surface area contributed by atoms with E-state index in [1.54, 1.807) is 14.0 Å². The number of Topliss-reactive ketones (excluding diaryl/α,β-unsaturated/α-hetero) is 1. The second-order valence-electron chi connectivity index (χ2n) is 4.34. The average Bonchev–Trinajstić information content (AvgIpc) is 3.00. The van der Waals surface area contributed by atoms with E-state index in [4.69, 9.17) is 5.73 Å². The highest BCUT2D eigenvalue weighted by molar-refractivity contribution is 5.92. The molecule has 4 heteroatoms. The van der Waals surface area contributed by atoms with E-state index in [-0.39, 0.29) is 23.7 Å². The molecule has 0 unspecified atom stereocenters. The van der Waals surface area contributed by atoms with Crippen molar-refractivity contribution >= 4 is 11.7 Å². The number of hydrogen-bond acceptors (Lipinski definition) is 3. The molecule has 2 N–H and O–H groups in total. The predicted octanol–water partition coefficient (Wildman–Crippen LogP) is 0.550. The minimum atomic E-state index is -0.531. The van der Waals surface area contributed by atoms with E-state index in [0.29, 0.717) is 6.42 Å². The monoisotopic (exact) mass is 212 g/mol. The fourth-order valence-electron chi connectivity index (χ4n) is 1.78. The number of nitrogens with zero attached hydrogens (tertiary/aromatic N) is 1. The zero-order valence-electron chi connectivity index (χ0n) is 9.69.